The number of rotatable bonds is 3. The highest BCUT2D eigenvalue weighted by Crippen LogP contribution is 2.16. The molecule has 1 fully saturated rings. The van der Waals surface area contributed by atoms with Crippen LogP contribution in [0.4, 0.5) is 4.79 Å². The summed E-state index contributed by atoms with van der Waals surface area (Å²) < 4.78 is 0. The molecule has 0 bridgehead atoms. The number of likely N-dealkylation sites (tertiary alicyclic amines) is 1. The monoisotopic (exact) mass is 215 g/mol. The van der Waals surface area contributed by atoms with Gasteiger partial charge in [0.15, 0.2) is 0 Å². The fraction of sp³-hybridized carbons (Fsp3) is 0.900. The molecule has 1 atom stereocenters. The van der Waals surface area contributed by atoms with Gasteiger partial charge in [0.25, 0.3) is 0 Å². The van der Waals surface area contributed by atoms with E-state index in [9.17, 15) is 4.79 Å². The first-order valence-electron chi connectivity index (χ1n) is 5.53. The number of amides is 2. The quantitative estimate of drug-likeness (QED) is 0.607. The van der Waals surface area contributed by atoms with Crippen LogP contribution < -0.4 is 11.1 Å². The Balaban J connectivity index is 2.30. The van der Waals surface area contributed by atoms with E-state index in [1.54, 1.807) is 4.90 Å². The second-order valence-corrected chi connectivity index (χ2v) is 4.20. The molecule has 5 nitrogen and oxygen atoms in total. The Morgan fingerprint density at radius 1 is 1.60 bits per heavy atom. The average molecular weight is 215 g/mol. The number of nitrogens with one attached hydrogen (secondary N) is 1. The van der Waals surface area contributed by atoms with E-state index in [4.69, 9.17) is 10.8 Å². The van der Waals surface area contributed by atoms with Gasteiger partial charge in [0.05, 0.1) is 0 Å². The van der Waals surface area contributed by atoms with Gasteiger partial charge in [0, 0.05) is 32.3 Å². The number of nitrogens with two attached hydrogens (primary N) is 1. The number of aliphatic hydroxyl groups is 1. The predicted octanol–water partition coefficient (Wildman–Crippen LogP) is -0.252. The van der Waals surface area contributed by atoms with Gasteiger partial charge >= 0.3 is 6.03 Å². The van der Waals surface area contributed by atoms with Crippen molar-refractivity contribution in [3.8, 4) is 0 Å². The summed E-state index contributed by atoms with van der Waals surface area (Å²) in [7, 11) is 0. The van der Waals surface area contributed by atoms with Gasteiger partial charge in [-0.2, -0.15) is 0 Å². The molecule has 88 valence electrons. The Morgan fingerprint density at radius 2 is 2.20 bits per heavy atom. The minimum Gasteiger partial charge on any atom is -0.396 e. The number of piperidine rings is 1. The lowest BCUT2D eigenvalue weighted by Gasteiger charge is -2.31. The molecule has 2 amide bonds. The molecule has 1 heterocycles. The summed E-state index contributed by atoms with van der Waals surface area (Å²) in [5.41, 5.74) is 5.43. The van der Waals surface area contributed by atoms with Crippen LogP contribution in [0.15, 0.2) is 0 Å². The smallest absolute Gasteiger partial charge is 0.317 e. The first-order valence-corrected chi connectivity index (χ1v) is 5.53. The minimum absolute atomic E-state index is 0.0214. The summed E-state index contributed by atoms with van der Waals surface area (Å²) in [4.78, 5) is 13.4. The average Bonchev–Trinajstić information content (AvgIpc) is 2.29. The van der Waals surface area contributed by atoms with Crippen molar-refractivity contribution in [3.05, 3.63) is 0 Å². The van der Waals surface area contributed by atoms with Crippen molar-refractivity contribution in [2.75, 3.05) is 26.2 Å². The zero-order valence-corrected chi connectivity index (χ0v) is 9.28. The van der Waals surface area contributed by atoms with Crippen molar-refractivity contribution in [3.63, 3.8) is 0 Å². The summed E-state index contributed by atoms with van der Waals surface area (Å²) in [6, 6.07) is -0.0163. The van der Waals surface area contributed by atoms with Crippen molar-refractivity contribution in [1.82, 2.24) is 10.2 Å². The third-order valence-corrected chi connectivity index (χ3v) is 2.88. The lowest BCUT2D eigenvalue weighted by molar-refractivity contribution is 0.136. The van der Waals surface area contributed by atoms with E-state index in [2.05, 4.69) is 5.32 Å². The molecule has 0 aromatic carbocycles. The van der Waals surface area contributed by atoms with Gasteiger partial charge in [0.2, 0.25) is 0 Å². The maximum atomic E-state index is 11.7. The van der Waals surface area contributed by atoms with E-state index in [1.165, 1.54) is 0 Å². The first kappa shape index (κ1) is 12.3. The SMILES string of the molecule is CC(CN)NC(=O)N1CCC(CO)CC1. The third kappa shape index (κ3) is 3.68. The van der Waals surface area contributed by atoms with E-state index in [1.807, 2.05) is 6.92 Å². The largest absolute Gasteiger partial charge is 0.396 e. The maximum absolute atomic E-state index is 11.7. The number of hydrogen-bond acceptors (Lipinski definition) is 3. The Bertz CT molecular complexity index is 203. The summed E-state index contributed by atoms with van der Waals surface area (Å²) in [6.45, 7) is 4.04. The van der Waals surface area contributed by atoms with Crippen LogP contribution in [-0.4, -0.2) is 48.3 Å². The number of carbonyl (C=O) groups excluding carboxylic acids is 1. The highest BCUT2D eigenvalue weighted by molar-refractivity contribution is 5.74. The third-order valence-electron chi connectivity index (χ3n) is 2.88. The zero-order valence-electron chi connectivity index (χ0n) is 9.28. The molecule has 0 aromatic rings. The Kier molecular flexibility index (Phi) is 4.84. The normalized spacial score (nSPS) is 20.1. The van der Waals surface area contributed by atoms with Gasteiger partial charge in [-0.25, -0.2) is 4.79 Å². The van der Waals surface area contributed by atoms with Gasteiger partial charge in [-0.15, -0.1) is 0 Å². The van der Waals surface area contributed by atoms with Crippen LogP contribution in [0.25, 0.3) is 0 Å². The summed E-state index contributed by atoms with van der Waals surface area (Å²) >= 11 is 0. The first-order chi connectivity index (χ1) is 7.17. The van der Waals surface area contributed by atoms with E-state index in [0.717, 1.165) is 25.9 Å². The van der Waals surface area contributed by atoms with E-state index in [-0.39, 0.29) is 18.7 Å². The molecule has 0 spiro atoms. The minimum atomic E-state index is -0.0376. The van der Waals surface area contributed by atoms with Crippen LogP contribution in [0.1, 0.15) is 19.8 Å². The van der Waals surface area contributed by atoms with Crippen LogP contribution in [0, 0.1) is 5.92 Å². The van der Waals surface area contributed by atoms with Gasteiger partial charge in [-0.1, -0.05) is 0 Å². The second-order valence-electron chi connectivity index (χ2n) is 4.20. The highest BCUT2D eigenvalue weighted by atomic mass is 16.3. The molecule has 4 N–H and O–H groups in total. The topological polar surface area (TPSA) is 78.6 Å². The molecule has 0 radical (unpaired) electrons. The molecule has 15 heavy (non-hydrogen) atoms. The van der Waals surface area contributed by atoms with Crippen LogP contribution in [0.5, 0.6) is 0 Å². The van der Waals surface area contributed by atoms with Crippen molar-refractivity contribution < 1.29 is 9.90 Å². The van der Waals surface area contributed by atoms with Crippen LogP contribution in [0.3, 0.4) is 0 Å². The van der Waals surface area contributed by atoms with Gasteiger partial charge in [-0.05, 0) is 25.7 Å². The Morgan fingerprint density at radius 3 is 2.67 bits per heavy atom. The van der Waals surface area contributed by atoms with Crippen LogP contribution in [-0.2, 0) is 0 Å². The van der Waals surface area contributed by atoms with Crippen LogP contribution in [0.2, 0.25) is 0 Å². The lowest BCUT2D eigenvalue weighted by Crippen LogP contribution is -2.49. The van der Waals surface area contributed by atoms with E-state index >= 15 is 0 Å². The Hall–Kier alpha value is -0.810. The second kappa shape index (κ2) is 5.92. The number of aliphatic hydroxyl groups excluding tert-OH is 1. The zero-order chi connectivity index (χ0) is 11.3. The molecule has 1 unspecified atom stereocenters. The molecule has 0 aliphatic carbocycles. The molecule has 1 aliphatic heterocycles. The van der Waals surface area contributed by atoms with E-state index in [0.29, 0.717) is 12.5 Å². The molecular formula is C10H21N3O2. The molecule has 5 heteroatoms. The summed E-state index contributed by atoms with van der Waals surface area (Å²) in [5, 5.41) is 11.8. The summed E-state index contributed by atoms with van der Waals surface area (Å²) in [5.74, 6) is 0.362. The van der Waals surface area contributed by atoms with Crippen molar-refractivity contribution in [2.45, 2.75) is 25.8 Å². The van der Waals surface area contributed by atoms with Crippen molar-refractivity contribution >= 4 is 6.03 Å². The van der Waals surface area contributed by atoms with Crippen molar-refractivity contribution in [2.24, 2.45) is 11.7 Å². The van der Waals surface area contributed by atoms with Gasteiger partial charge in [0.1, 0.15) is 0 Å². The van der Waals surface area contributed by atoms with Gasteiger partial charge in [-0.3, -0.25) is 0 Å². The predicted molar refractivity (Wildman–Crippen MR) is 58.4 cm³/mol. The standard InChI is InChI=1S/C10H21N3O2/c1-8(6-11)12-10(15)13-4-2-9(7-14)3-5-13/h8-9,14H,2-7,11H2,1H3,(H,12,15). The highest BCUT2D eigenvalue weighted by Gasteiger charge is 2.22. The van der Waals surface area contributed by atoms with Crippen molar-refractivity contribution in [1.29, 1.82) is 0 Å². The Labute approximate surface area is 90.6 Å². The number of carbonyl (C=O) groups is 1. The fourth-order valence-electron chi connectivity index (χ4n) is 1.68. The van der Waals surface area contributed by atoms with Crippen LogP contribution >= 0.6 is 0 Å². The molecule has 1 saturated heterocycles. The molecule has 0 aromatic heterocycles. The molecular weight excluding hydrogens is 194 g/mol. The van der Waals surface area contributed by atoms with E-state index < -0.39 is 0 Å². The number of hydrogen-bond donors (Lipinski definition) is 3. The fourth-order valence-corrected chi connectivity index (χ4v) is 1.68. The number of urea groups is 1. The molecule has 1 aliphatic rings. The molecule has 1 rings (SSSR count). The lowest BCUT2D eigenvalue weighted by atomic mass is 9.98. The summed E-state index contributed by atoms with van der Waals surface area (Å²) in [6.07, 6.45) is 1.78. The van der Waals surface area contributed by atoms with Gasteiger partial charge < -0.3 is 21.1 Å². The number of nitrogens with zero attached hydrogens (tertiary/aromatic N) is 1. The molecule has 0 saturated carbocycles. The maximum Gasteiger partial charge on any atom is 0.317 e.